The van der Waals surface area contributed by atoms with Crippen LogP contribution in [0.3, 0.4) is 0 Å². The van der Waals surface area contributed by atoms with Gasteiger partial charge in [0.05, 0.1) is 23.1 Å². The van der Waals surface area contributed by atoms with Gasteiger partial charge in [-0.05, 0) is 18.6 Å². The molecule has 3 N–H and O–H groups in total. The van der Waals surface area contributed by atoms with Crippen LogP contribution in [0.25, 0.3) is 21.9 Å². The molecule has 0 bridgehead atoms. The van der Waals surface area contributed by atoms with Gasteiger partial charge in [-0.1, -0.05) is 48.5 Å². The number of rotatable bonds is 5. The van der Waals surface area contributed by atoms with Crippen LogP contribution in [0.5, 0.6) is 0 Å². The van der Waals surface area contributed by atoms with Crippen molar-refractivity contribution >= 4 is 38.9 Å². The number of carbonyl (C=O) groups is 2. The Hall–Kier alpha value is -3.78. The van der Waals surface area contributed by atoms with Crippen LogP contribution in [0, 0.1) is 6.92 Å². The molecule has 0 saturated carbocycles. The lowest BCUT2D eigenvalue weighted by molar-refractivity contribution is -0.115. The largest absolute Gasteiger partial charge is 0.365 e. The molecule has 0 atom stereocenters. The minimum atomic E-state index is -0.607. The molecule has 7 nitrogen and oxygen atoms in total. The normalized spacial score (nSPS) is 10.9. The van der Waals surface area contributed by atoms with Gasteiger partial charge in [0.15, 0.2) is 0 Å². The molecule has 0 aliphatic rings. The summed E-state index contributed by atoms with van der Waals surface area (Å²) in [6.45, 7) is 1.89. The topological polar surface area (TPSA) is 107 Å². The average Bonchev–Trinajstić information content (AvgIpc) is 3.08. The van der Waals surface area contributed by atoms with Gasteiger partial charge in [-0.15, -0.1) is 11.3 Å². The van der Waals surface area contributed by atoms with Crippen molar-refractivity contribution in [2.45, 2.75) is 13.3 Å². The van der Waals surface area contributed by atoms with E-state index in [-0.39, 0.29) is 17.9 Å². The van der Waals surface area contributed by atoms with Crippen LogP contribution >= 0.6 is 11.3 Å². The lowest BCUT2D eigenvalue weighted by Crippen LogP contribution is -2.24. The number of amides is 2. The Kier molecular flexibility index (Phi) is 5.39. The molecule has 0 spiro atoms. The SMILES string of the molecule is Cc1sc(NC(=O)Cc2nn(C)c(=O)c3ccccc23)c(C(N)=O)c1-c1ccccc1. The molecule has 2 aromatic heterocycles. The van der Waals surface area contributed by atoms with Crippen molar-refractivity contribution in [1.82, 2.24) is 9.78 Å². The molecule has 4 aromatic rings. The summed E-state index contributed by atoms with van der Waals surface area (Å²) in [5.74, 6) is -0.955. The molecule has 2 amide bonds. The second-order valence-corrected chi connectivity index (χ2v) is 8.34. The Morgan fingerprint density at radius 2 is 1.71 bits per heavy atom. The number of thiophene rings is 1. The molecule has 156 valence electrons. The minimum absolute atomic E-state index is 0.0511. The van der Waals surface area contributed by atoms with E-state index < -0.39 is 5.91 Å². The van der Waals surface area contributed by atoms with Crippen LogP contribution in [0.1, 0.15) is 20.9 Å². The minimum Gasteiger partial charge on any atom is -0.365 e. The third-order valence-electron chi connectivity index (χ3n) is 5.01. The Labute approximate surface area is 182 Å². The maximum absolute atomic E-state index is 12.9. The summed E-state index contributed by atoms with van der Waals surface area (Å²) in [5.41, 5.74) is 7.80. The van der Waals surface area contributed by atoms with E-state index in [2.05, 4.69) is 10.4 Å². The first-order valence-electron chi connectivity index (χ1n) is 9.60. The molecule has 8 heteroatoms. The molecule has 2 aromatic carbocycles. The van der Waals surface area contributed by atoms with Crippen molar-refractivity contribution in [2.24, 2.45) is 12.8 Å². The highest BCUT2D eigenvalue weighted by Crippen LogP contribution is 2.39. The summed E-state index contributed by atoms with van der Waals surface area (Å²) in [7, 11) is 1.55. The first-order valence-corrected chi connectivity index (χ1v) is 10.4. The number of benzene rings is 2. The highest BCUT2D eigenvalue weighted by molar-refractivity contribution is 7.17. The standard InChI is InChI=1S/C23H20N4O3S/c1-13-19(14-8-4-3-5-9-14)20(21(24)29)22(31-13)25-18(28)12-17-15-10-6-7-11-16(15)23(30)27(2)26-17/h3-11H,12H2,1-2H3,(H2,24,29)(H,25,28). The number of fused-ring (bicyclic) bond motifs is 1. The van der Waals surface area contributed by atoms with Crippen molar-refractivity contribution in [1.29, 1.82) is 0 Å². The number of primary amides is 1. The Morgan fingerprint density at radius 3 is 2.39 bits per heavy atom. The second-order valence-electron chi connectivity index (χ2n) is 7.11. The van der Waals surface area contributed by atoms with Gasteiger partial charge in [0.2, 0.25) is 5.91 Å². The number of hydrogen-bond acceptors (Lipinski definition) is 5. The van der Waals surface area contributed by atoms with E-state index in [1.165, 1.54) is 16.0 Å². The van der Waals surface area contributed by atoms with Gasteiger partial charge in [-0.3, -0.25) is 14.4 Å². The number of aryl methyl sites for hydroxylation is 2. The zero-order valence-corrected chi connectivity index (χ0v) is 17.8. The fraction of sp³-hybridized carbons (Fsp3) is 0.130. The zero-order valence-electron chi connectivity index (χ0n) is 17.0. The fourth-order valence-corrected chi connectivity index (χ4v) is 4.75. The number of nitrogens with two attached hydrogens (primary N) is 1. The number of nitrogens with one attached hydrogen (secondary N) is 1. The van der Waals surface area contributed by atoms with Crippen molar-refractivity contribution < 1.29 is 9.59 Å². The quantitative estimate of drug-likeness (QED) is 0.505. The van der Waals surface area contributed by atoms with Gasteiger partial charge >= 0.3 is 0 Å². The molecular weight excluding hydrogens is 412 g/mol. The molecule has 0 aliphatic carbocycles. The van der Waals surface area contributed by atoms with Crippen LogP contribution in [-0.2, 0) is 18.3 Å². The van der Waals surface area contributed by atoms with Gasteiger partial charge in [-0.2, -0.15) is 5.10 Å². The van der Waals surface area contributed by atoms with Crippen LogP contribution in [-0.4, -0.2) is 21.6 Å². The third kappa shape index (κ3) is 3.85. The maximum atomic E-state index is 12.9. The van der Waals surface area contributed by atoms with Gasteiger partial charge in [0.1, 0.15) is 5.00 Å². The maximum Gasteiger partial charge on any atom is 0.274 e. The fourth-order valence-electron chi connectivity index (χ4n) is 3.65. The first kappa shape index (κ1) is 20.5. The number of nitrogens with zero attached hydrogens (tertiary/aromatic N) is 2. The predicted octanol–water partition coefficient (Wildman–Crippen LogP) is 3.25. The number of hydrogen-bond donors (Lipinski definition) is 2. The molecule has 0 radical (unpaired) electrons. The number of aromatic nitrogens is 2. The zero-order chi connectivity index (χ0) is 22.1. The summed E-state index contributed by atoms with van der Waals surface area (Å²) in [6, 6.07) is 16.5. The lowest BCUT2D eigenvalue weighted by atomic mass is 10.0. The van der Waals surface area contributed by atoms with Gasteiger partial charge in [-0.25, -0.2) is 4.68 Å². The van der Waals surface area contributed by atoms with Crippen LogP contribution in [0.2, 0.25) is 0 Å². The lowest BCUT2D eigenvalue weighted by Gasteiger charge is -2.09. The Bertz CT molecular complexity index is 1370. The number of anilines is 1. The first-order chi connectivity index (χ1) is 14.9. The van der Waals surface area contributed by atoms with Gasteiger partial charge < -0.3 is 11.1 Å². The van der Waals surface area contributed by atoms with E-state index in [0.29, 0.717) is 27.0 Å². The molecule has 0 unspecified atom stereocenters. The molecule has 0 saturated heterocycles. The summed E-state index contributed by atoms with van der Waals surface area (Å²) in [4.78, 5) is 38.3. The van der Waals surface area contributed by atoms with Crippen LogP contribution in [0.4, 0.5) is 5.00 Å². The Morgan fingerprint density at radius 1 is 1.06 bits per heavy atom. The second kappa shape index (κ2) is 8.16. The molecule has 2 heterocycles. The highest BCUT2D eigenvalue weighted by atomic mass is 32.1. The number of carbonyl (C=O) groups excluding carboxylic acids is 2. The third-order valence-corrected chi connectivity index (χ3v) is 6.03. The van der Waals surface area contributed by atoms with Crippen molar-refractivity contribution in [3.63, 3.8) is 0 Å². The summed E-state index contributed by atoms with van der Waals surface area (Å²) in [5, 5.41) is 8.62. The van der Waals surface area contributed by atoms with E-state index >= 15 is 0 Å². The molecule has 0 fully saturated rings. The summed E-state index contributed by atoms with van der Waals surface area (Å²) in [6.07, 6.45) is -0.0511. The van der Waals surface area contributed by atoms with Crippen molar-refractivity contribution in [3.05, 3.63) is 81.1 Å². The van der Waals surface area contributed by atoms with E-state index in [9.17, 15) is 14.4 Å². The van der Waals surface area contributed by atoms with E-state index in [0.717, 1.165) is 16.0 Å². The molecule has 0 aliphatic heterocycles. The predicted molar refractivity (Wildman–Crippen MR) is 122 cm³/mol. The van der Waals surface area contributed by atoms with E-state index in [1.54, 1.807) is 31.3 Å². The van der Waals surface area contributed by atoms with Crippen molar-refractivity contribution in [3.8, 4) is 11.1 Å². The van der Waals surface area contributed by atoms with E-state index in [4.69, 9.17) is 5.73 Å². The van der Waals surface area contributed by atoms with Crippen LogP contribution < -0.4 is 16.6 Å². The highest BCUT2D eigenvalue weighted by Gasteiger charge is 2.23. The van der Waals surface area contributed by atoms with E-state index in [1.807, 2.05) is 37.3 Å². The summed E-state index contributed by atoms with van der Waals surface area (Å²) >= 11 is 1.30. The smallest absolute Gasteiger partial charge is 0.274 e. The molecule has 31 heavy (non-hydrogen) atoms. The average molecular weight is 433 g/mol. The molecular formula is C23H20N4O3S. The van der Waals surface area contributed by atoms with Crippen molar-refractivity contribution in [2.75, 3.05) is 5.32 Å². The summed E-state index contributed by atoms with van der Waals surface area (Å²) < 4.78 is 1.22. The van der Waals surface area contributed by atoms with Gasteiger partial charge in [0.25, 0.3) is 11.5 Å². The van der Waals surface area contributed by atoms with Gasteiger partial charge in [0, 0.05) is 22.9 Å². The molecule has 4 rings (SSSR count). The monoisotopic (exact) mass is 432 g/mol. The van der Waals surface area contributed by atoms with Crippen LogP contribution in [0.15, 0.2) is 59.4 Å². The Balaban J connectivity index is 1.69.